The molecule has 6 nitrogen and oxygen atoms in total. The first kappa shape index (κ1) is 11.5. The number of methoxy groups -OCH3 is 1. The fourth-order valence-electron chi connectivity index (χ4n) is 1.97. The molecule has 0 atom stereocenters. The predicted molar refractivity (Wildman–Crippen MR) is 70.2 cm³/mol. The molecule has 6 heteroatoms. The fourth-order valence-corrected chi connectivity index (χ4v) is 1.97. The molecule has 3 rings (SSSR count). The summed E-state index contributed by atoms with van der Waals surface area (Å²) in [5, 5.41) is 14.8. The van der Waals surface area contributed by atoms with Crippen LogP contribution in [-0.4, -0.2) is 32.1 Å². The molecular weight excluding hydrogens is 242 g/mol. The lowest BCUT2D eigenvalue weighted by Crippen LogP contribution is -1.99. The molecule has 0 aliphatic heterocycles. The molecule has 0 amide bonds. The van der Waals surface area contributed by atoms with Gasteiger partial charge in [-0.2, -0.15) is 5.10 Å². The maximum atomic E-state index is 5.40. The predicted octanol–water partition coefficient (Wildman–Crippen LogP) is 1.97. The van der Waals surface area contributed by atoms with Gasteiger partial charge < -0.3 is 4.74 Å². The molecular formula is C13H13N5O. The molecule has 0 aliphatic rings. The van der Waals surface area contributed by atoms with Crippen LogP contribution in [0.3, 0.4) is 0 Å². The highest BCUT2D eigenvalue weighted by Gasteiger charge is 2.13. The zero-order valence-corrected chi connectivity index (χ0v) is 10.7. The van der Waals surface area contributed by atoms with Gasteiger partial charge in [0, 0.05) is 6.20 Å². The van der Waals surface area contributed by atoms with E-state index in [0.717, 1.165) is 28.4 Å². The summed E-state index contributed by atoms with van der Waals surface area (Å²) in [6.07, 6.45) is 5.16. The van der Waals surface area contributed by atoms with E-state index < -0.39 is 0 Å². The van der Waals surface area contributed by atoms with Crippen molar-refractivity contribution < 1.29 is 4.74 Å². The summed E-state index contributed by atoms with van der Waals surface area (Å²) >= 11 is 0. The van der Waals surface area contributed by atoms with Crippen LogP contribution >= 0.6 is 0 Å². The third-order valence-electron chi connectivity index (χ3n) is 2.90. The van der Waals surface area contributed by atoms with E-state index in [1.165, 1.54) is 0 Å². The Hall–Kier alpha value is -2.63. The second-order valence-corrected chi connectivity index (χ2v) is 4.19. The number of aromatic nitrogens is 5. The second-order valence-electron chi connectivity index (χ2n) is 4.19. The third kappa shape index (κ3) is 1.97. The molecule has 0 aliphatic carbocycles. The monoisotopic (exact) mass is 255 g/mol. The number of hydrogen-bond donors (Lipinski definition) is 1. The van der Waals surface area contributed by atoms with Crippen molar-refractivity contribution in [2.24, 2.45) is 0 Å². The molecule has 0 saturated heterocycles. The fraction of sp³-hybridized carbons (Fsp3) is 0.154. The molecule has 0 fully saturated rings. The average molecular weight is 255 g/mol. The van der Waals surface area contributed by atoms with Gasteiger partial charge in [-0.1, -0.05) is 6.07 Å². The Morgan fingerprint density at radius 2 is 2.21 bits per heavy atom. The first-order chi connectivity index (χ1) is 9.29. The third-order valence-corrected chi connectivity index (χ3v) is 2.90. The van der Waals surface area contributed by atoms with Gasteiger partial charge in [-0.15, -0.1) is 10.2 Å². The quantitative estimate of drug-likeness (QED) is 0.777. The average Bonchev–Trinajstić information content (AvgIpc) is 3.09. The summed E-state index contributed by atoms with van der Waals surface area (Å²) in [5.41, 5.74) is 2.92. The molecule has 2 aromatic heterocycles. The Bertz CT molecular complexity index is 687. The summed E-state index contributed by atoms with van der Waals surface area (Å²) in [6, 6.07) is 5.97. The topological polar surface area (TPSA) is 68.6 Å². The maximum Gasteiger partial charge on any atom is 0.171 e. The normalized spacial score (nSPS) is 10.6. The van der Waals surface area contributed by atoms with Crippen molar-refractivity contribution in [2.45, 2.75) is 6.92 Å². The lowest BCUT2D eigenvalue weighted by molar-refractivity contribution is 0.413. The van der Waals surface area contributed by atoms with E-state index in [1.54, 1.807) is 25.8 Å². The molecule has 19 heavy (non-hydrogen) atoms. The van der Waals surface area contributed by atoms with Crippen molar-refractivity contribution in [1.82, 2.24) is 25.0 Å². The van der Waals surface area contributed by atoms with E-state index in [4.69, 9.17) is 4.74 Å². The Labute approximate surface area is 110 Å². The lowest BCUT2D eigenvalue weighted by Gasteiger charge is -2.11. The Balaban J connectivity index is 2.18. The van der Waals surface area contributed by atoms with Crippen molar-refractivity contribution in [3.8, 4) is 22.8 Å². The SMILES string of the molecule is COc1ccc(C)cc1-n1cnnc1-c1cn[nH]c1. The van der Waals surface area contributed by atoms with E-state index >= 15 is 0 Å². The number of nitrogens with zero attached hydrogens (tertiary/aromatic N) is 4. The van der Waals surface area contributed by atoms with Crippen molar-refractivity contribution in [3.63, 3.8) is 0 Å². The van der Waals surface area contributed by atoms with Crippen molar-refractivity contribution >= 4 is 0 Å². The van der Waals surface area contributed by atoms with E-state index in [-0.39, 0.29) is 0 Å². The molecule has 0 spiro atoms. The van der Waals surface area contributed by atoms with Gasteiger partial charge in [-0.05, 0) is 24.6 Å². The number of benzene rings is 1. The summed E-state index contributed by atoms with van der Waals surface area (Å²) in [4.78, 5) is 0. The summed E-state index contributed by atoms with van der Waals surface area (Å²) in [5.74, 6) is 1.49. The first-order valence-electron chi connectivity index (χ1n) is 5.84. The van der Waals surface area contributed by atoms with Crippen LogP contribution in [0.2, 0.25) is 0 Å². The van der Waals surface area contributed by atoms with Crippen LogP contribution in [0.15, 0.2) is 36.9 Å². The lowest BCUT2D eigenvalue weighted by atomic mass is 10.2. The van der Waals surface area contributed by atoms with E-state index in [1.807, 2.05) is 29.7 Å². The van der Waals surface area contributed by atoms with Crippen LogP contribution in [-0.2, 0) is 0 Å². The molecule has 0 bridgehead atoms. The molecule has 96 valence electrons. The number of nitrogens with one attached hydrogen (secondary N) is 1. The van der Waals surface area contributed by atoms with Crippen LogP contribution in [0.4, 0.5) is 0 Å². The molecule has 0 unspecified atom stereocenters. The molecule has 1 aromatic carbocycles. The number of hydrogen-bond acceptors (Lipinski definition) is 4. The Kier molecular flexibility index (Phi) is 2.75. The van der Waals surface area contributed by atoms with Gasteiger partial charge in [0.2, 0.25) is 0 Å². The molecule has 0 saturated carbocycles. The standard InChI is InChI=1S/C13H13N5O/c1-9-3-4-12(19-2)11(5-9)18-8-16-17-13(18)10-6-14-15-7-10/h3-8H,1-2H3,(H,14,15). The number of rotatable bonds is 3. The molecule has 1 N–H and O–H groups in total. The van der Waals surface area contributed by atoms with Crippen LogP contribution in [0, 0.1) is 6.92 Å². The number of ether oxygens (including phenoxy) is 1. The van der Waals surface area contributed by atoms with Gasteiger partial charge in [-0.25, -0.2) is 0 Å². The van der Waals surface area contributed by atoms with Gasteiger partial charge in [0.15, 0.2) is 5.82 Å². The van der Waals surface area contributed by atoms with Crippen LogP contribution in [0.25, 0.3) is 17.1 Å². The van der Waals surface area contributed by atoms with Gasteiger partial charge >= 0.3 is 0 Å². The van der Waals surface area contributed by atoms with E-state index in [0.29, 0.717) is 0 Å². The zero-order chi connectivity index (χ0) is 13.2. The first-order valence-corrected chi connectivity index (χ1v) is 5.84. The van der Waals surface area contributed by atoms with Gasteiger partial charge in [-0.3, -0.25) is 9.67 Å². The minimum absolute atomic E-state index is 0.720. The van der Waals surface area contributed by atoms with E-state index in [2.05, 4.69) is 20.4 Å². The summed E-state index contributed by atoms with van der Waals surface area (Å²) in [6.45, 7) is 2.03. The Morgan fingerprint density at radius 1 is 1.32 bits per heavy atom. The highest BCUT2D eigenvalue weighted by Crippen LogP contribution is 2.27. The zero-order valence-electron chi connectivity index (χ0n) is 10.7. The largest absolute Gasteiger partial charge is 0.495 e. The van der Waals surface area contributed by atoms with E-state index in [9.17, 15) is 0 Å². The smallest absolute Gasteiger partial charge is 0.171 e. The summed E-state index contributed by atoms with van der Waals surface area (Å²) < 4.78 is 7.28. The van der Waals surface area contributed by atoms with Gasteiger partial charge in [0.05, 0.1) is 24.6 Å². The van der Waals surface area contributed by atoms with Gasteiger partial charge in [0.25, 0.3) is 0 Å². The number of aromatic amines is 1. The van der Waals surface area contributed by atoms with Crippen LogP contribution in [0.5, 0.6) is 5.75 Å². The highest BCUT2D eigenvalue weighted by atomic mass is 16.5. The Morgan fingerprint density at radius 3 is 2.95 bits per heavy atom. The molecule has 0 radical (unpaired) electrons. The summed E-state index contributed by atoms with van der Waals surface area (Å²) in [7, 11) is 1.65. The maximum absolute atomic E-state index is 5.40. The highest BCUT2D eigenvalue weighted by molar-refractivity contribution is 5.59. The van der Waals surface area contributed by atoms with Crippen molar-refractivity contribution in [2.75, 3.05) is 7.11 Å². The number of H-pyrrole nitrogens is 1. The van der Waals surface area contributed by atoms with Crippen molar-refractivity contribution in [1.29, 1.82) is 0 Å². The van der Waals surface area contributed by atoms with Gasteiger partial charge in [0.1, 0.15) is 12.1 Å². The second kappa shape index (κ2) is 4.56. The van der Waals surface area contributed by atoms with Crippen molar-refractivity contribution in [3.05, 3.63) is 42.5 Å². The van der Waals surface area contributed by atoms with Crippen LogP contribution in [0.1, 0.15) is 5.56 Å². The molecule has 2 heterocycles. The minimum atomic E-state index is 0.720. The van der Waals surface area contributed by atoms with Crippen LogP contribution < -0.4 is 4.74 Å². The molecule has 3 aromatic rings. The number of aryl methyl sites for hydroxylation is 1. The minimum Gasteiger partial charge on any atom is -0.495 e.